The second-order valence-electron chi connectivity index (χ2n) is 4.97. The number of nitrogens with two attached hydrogens (primary N) is 1. The summed E-state index contributed by atoms with van der Waals surface area (Å²) in [6.07, 6.45) is 1.30. The first-order valence-corrected chi connectivity index (χ1v) is 6.45. The van der Waals surface area contributed by atoms with Gasteiger partial charge in [0.15, 0.2) is 6.04 Å². The summed E-state index contributed by atoms with van der Waals surface area (Å²) in [5.74, 6) is -2.00. The van der Waals surface area contributed by atoms with Crippen molar-refractivity contribution in [2.45, 2.75) is 31.8 Å². The number of rotatable bonds is 5. The summed E-state index contributed by atoms with van der Waals surface area (Å²) in [4.78, 5) is 35.7. The molecule has 8 heteroatoms. The van der Waals surface area contributed by atoms with E-state index in [1.54, 1.807) is 0 Å². The molecular formula is C12H21N3O5. The number of aliphatic carboxylic acids is 1. The van der Waals surface area contributed by atoms with Gasteiger partial charge in [-0.25, -0.2) is 9.59 Å². The Morgan fingerprint density at radius 1 is 1.45 bits per heavy atom. The molecular weight excluding hydrogens is 266 g/mol. The minimum absolute atomic E-state index is 0.0670. The summed E-state index contributed by atoms with van der Waals surface area (Å²) >= 11 is 0. The third-order valence-electron chi connectivity index (χ3n) is 3.47. The zero-order valence-electron chi connectivity index (χ0n) is 11.7. The Morgan fingerprint density at radius 3 is 2.60 bits per heavy atom. The topological polar surface area (TPSA) is 122 Å². The normalized spacial score (nSPS) is 24.0. The van der Waals surface area contributed by atoms with Gasteiger partial charge in [-0.05, 0) is 19.8 Å². The van der Waals surface area contributed by atoms with E-state index in [9.17, 15) is 14.4 Å². The molecule has 1 fully saturated rings. The number of likely N-dealkylation sites (tertiary alicyclic amines) is 1. The highest BCUT2D eigenvalue weighted by molar-refractivity contribution is 5.84. The van der Waals surface area contributed by atoms with E-state index >= 15 is 0 Å². The number of carboxylic acid groups (broad SMARTS) is 1. The number of carbonyl (C=O) groups is 3. The number of ether oxygens (including phenoxy) is 1. The molecule has 0 aromatic rings. The number of nitrogens with zero attached hydrogens (tertiary/aromatic N) is 1. The smallest absolute Gasteiger partial charge is 0.328 e. The number of hydrogen-bond donors (Lipinski definition) is 3. The minimum Gasteiger partial charge on any atom is -0.480 e. The summed E-state index contributed by atoms with van der Waals surface area (Å²) < 4.78 is 4.75. The van der Waals surface area contributed by atoms with Crippen molar-refractivity contribution >= 4 is 17.9 Å². The quantitative estimate of drug-likeness (QED) is 0.622. The van der Waals surface area contributed by atoms with Gasteiger partial charge in [-0.15, -0.1) is 0 Å². The van der Waals surface area contributed by atoms with Gasteiger partial charge in [0, 0.05) is 19.7 Å². The molecule has 0 bridgehead atoms. The zero-order chi connectivity index (χ0) is 15.3. The third kappa shape index (κ3) is 4.09. The fourth-order valence-corrected chi connectivity index (χ4v) is 2.20. The molecule has 0 aromatic heterocycles. The van der Waals surface area contributed by atoms with Crippen molar-refractivity contribution in [3.63, 3.8) is 0 Å². The predicted molar refractivity (Wildman–Crippen MR) is 69.9 cm³/mol. The number of piperidine rings is 1. The first-order valence-electron chi connectivity index (χ1n) is 6.45. The molecule has 0 aliphatic carbocycles. The maximum Gasteiger partial charge on any atom is 0.328 e. The molecule has 4 N–H and O–H groups in total. The monoisotopic (exact) mass is 287 g/mol. The highest BCUT2D eigenvalue weighted by Gasteiger charge is 2.33. The van der Waals surface area contributed by atoms with Crippen molar-refractivity contribution in [2.75, 3.05) is 20.3 Å². The Labute approximate surface area is 117 Å². The number of amides is 3. The maximum absolute atomic E-state index is 12.1. The first-order chi connectivity index (χ1) is 9.36. The molecule has 114 valence electrons. The molecule has 0 radical (unpaired) electrons. The number of methoxy groups -OCH3 is 1. The van der Waals surface area contributed by atoms with Crippen LogP contribution in [0.25, 0.3) is 0 Å². The van der Waals surface area contributed by atoms with Crippen LogP contribution in [-0.2, 0) is 14.3 Å². The molecule has 20 heavy (non-hydrogen) atoms. The molecule has 8 nitrogen and oxygen atoms in total. The number of carbonyl (C=O) groups excluding carboxylic acids is 2. The second-order valence-corrected chi connectivity index (χ2v) is 4.97. The van der Waals surface area contributed by atoms with E-state index in [0.717, 1.165) is 0 Å². The molecule has 0 spiro atoms. The van der Waals surface area contributed by atoms with Gasteiger partial charge in [0.05, 0.1) is 12.5 Å². The molecule has 0 aromatic carbocycles. The van der Waals surface area contributed by atoms with Crippen LogP contribution in [0.1, 0.15) is 19.8 Å². The van der Waals surface area contributed by atoms with Crippen molar-refractivity contribution in [1.82, 2.24) is 10.2 Å². The van der Waals surface area contributed by atoms with Crippen LogP contribution in [0.2, 0.25) is 0 Å². The lowest BCUT2D eigenvalue weighted by molar-refractivity contribution is -0.140. The average molecular weight is 287 g/mol. The molecule has 3 unspecified atom stereocenters. The minimum atomic E-state index is -1.17. The van der Waals surface area contributed by atoms with Crippen LogP contribution in [0, 0.1) is 5.92 Å². The average Bonchev–Trinajstić information content (AvgIpc) is 2.38. The summed E-state index contributed by atoms with van der Waals surface area (Å²) in [6, 6.07) is -1.70. The molecule has 1 heterocycles. The van der Waals surface area contributed by atoms with E-state index in [1.807, 2.05) is 6.92 Å². The lowest BCUT2D eigenvalue weighted by Gasteiger charge is -2.37. The lowest BCUT2D eigenvalue weighted by Crippen LogP contribution is -2.56. The van der Waals surface area contributed by atoms with Gasteiger partial charge < -0.3 is 25.8 Å². The molecule has 3 atom stereocenters. The van der Waals surface area contributed by atoms with Crippen LogP contribution in [0.4, 0.5) is 4.79 Å². The number of nitrogens with one attached hydrogen (secondary N) is 1. The SMILES string of the molecule is COCC(NC(=O)N1CC(C(N)=O)CCC1C)C(=O)O. The first kappa shape index (κ1) is 16.2. The van der Waals surface area contributed by atoms with Crippen LogP contribution in [-0.4, -0.2) is 60.3 Å². The summed E-state index contributed by atoms with van der Waals surface area (Å²) in [5, 5.41) is 11.4. The number of urea groups is 1. The van der Waals surface area contributed by atoms with Crippen LogP contribution < -0.4 is 11.1 Å². The van der Waals surface area contributed by atoms with Gasteiger partial charge in [0.1, 0.15) is 0 Å². The Morgan fingerprint density at radius 2 is 2.10 bits per heavy atom. The van der Waals surface area contributed by atoms with Crippen molar-refractivity contribution in [3.05, 3.63) is 0 Å². The van der Waals surface area contributed by atoms with Gasteiger partial charge >= 0.3 is 12.0 Å². The van der Waals surface area contributed by atoms with Crippen LogP contribution in [0.15, 0.2) is 0 Å². The fraction of sp³-hybridized carbons (Fsp3) is 0.750. The van der Waals surface area contributed by atoms with Crippen LogP contribution >= 0.6 is 0 Å². The molecule has 1 rings (SSSR count). The standard InChI is InChI=1S/C12H21N3O5/c1-7-3-4-8(10(13)16)5-15(7)12(19)14-9(6-20-2)11(17)18/h7-9H,3-6H2,1-2H3,(H2,13,16)(H,14,19)(H,17,18). The second kappa shape index (κ2) is 7.09. The molecule has 3 amide bonds. The molecule has 0 saturated carbocycles. The molecule has 1 aliphatic rings. The number of hydrogen-bond acceptors (Lipinski definition) is 4. The van der Waals surface area contributed by atoms with E-state index < -0.39 is 23.9 Å². The summed E-state index contributed by atoms with van der Waals surface area (Å²) in [7, 11) is 1.36. The van der Waals surface area contributed by atoms with Gasteiger partial charge in [-0.3, -0.25) is 4.79 Å². The summed E-state index contributed by atoms with van der Waals surface area (Å²) in [5.41, 5.74) is 5.26. The lowest BCUT2D eigenvalue weighted by atomic mass is 9.93. The van der Waals surface area contributed by atoms with E-state index in [1.165, 1.54) is 12.0 Å². The van der Waals surface area contributed by atoms with Crippen molar-refractivity contribution < 1.29 is 24.2 Å². The van der Waals surface area contributed by atoms with Crippen molar-refractivity contribution in [2.24, 2.45) is 11.7 Å². The van der Waals surface area contributed by atoms with Crippen LogP contribution in [0.3, 0.4) is 0 Å². The van der Waals surface area contributed by atoms with Gasteiger partial charge in [0.2, 0.25) is 5.91 Å². The van der Waals surface area contributed by atoms with Gasteiger partial charge in [-0.2, -0.15) is 0 Å². The molecule has 1 aliphatic heterocycles. The largest absolute Gasteiger partial charge is 0.480 e. The Balaban J connectivity index is 2.68. The number of primary amides is 1. The van der Waals surface area contributed by atoms with Gasteiger partial charge in [0.25, 0.3) is 0 Å². The van der Waals surface area contributed by atoms with E-state index in [-0.39, 0.29) is 25.1 Å². The Kier molecular flexibility index (Phi) is 5.75. The maximum atomic E-state index is 12.1. The number of carboxylic acids is 1. The Hall–Kier alpha value is -1.83. The third-order valence-corrected chi connectivity index (χ3v) is 3.47. The predicted octanol–water partition coefficient (Wildman–Crippen LogP) is -0.619. The van der Waals surface area contributed by atoms with Crippen molar-refractivity contribution in [1.29, 1.82) is 0 Å². The van der Waals surface area contributed by atoms with Crippen LogP contribution in [0.5, 0.6) is 0 Å². The zero-order valence-corrected chi connectivity index (χ0v) is 11.7. The van der Waals surface area contributed by atoms with E-state index in [0.29, 0.717) is 12.8 Å². The van der Waals surface area contributed by atoms with E-state index in [2.05, 4.69) is 5.32 Å². The fourth-order valence-electron chi connectivity index (χ4n) is 2.20. The highest BCUT2D eigenvalue weighted by atomic mass is 16.5. The Bertz CT molecular complexity index is 387. The molecule has 1 saturated heterocycles. The van der Waals surface area contributed by atoms with Gasteiger partial charge in [-0.1, -0.05) is 0 Å². The summed E-state index contributed by atoms with van der Waals surface area (Å²) in [6.45, 7) is 1.94. The van der Waals surface area contributed by atoms with E-state index in [4.69, 9.17) is 15.6 Å². The van der Waals surface area contributed by atoms with Crippen molar-refractivity contribution in [3.8, 4) is 0 Å². The highest BCUT2D eigenvalue weighted by Crippen LogP contribution is 2.21.